The number of nitrogens with zero attached hydrogens (tertiary/aromatic N) is 3. The molecule has 1 aromatic carbocycles. The zero-order valence-corrected chi connectivity index (χ0v) is 16.9. The van der Waals surface area contributed by atoms with Gasteiger partial charge in [0.15, 0.2) is 5.96 Å². The maximum absolute atomic E-state index is 4.68. The summed E-state index contributed by atoms with van der Waals surface area (Å²) < 4.78 is 1.26. The van der Waals surface area contributed by atoms with E-state index in [9.17, 15) is 0 Å². The number of hydrogen-bond acceptors (Lipinski definition) is 5. The second-order valence-corrected chi connectivity index (χ2v) is 8.15. The molecule has 0 radical (unpaired) electrons. The van der Waals surface area contributed by atoms with Gasteiger partial charge in [0.2, 0.25) is 0 Å². The molecular formula is C19H25N5S2. The quantitative estimate of drug-likeness (QED) is 0.351. The fourth-order valence-corrected chi connectivity index (χ4v) is 4.28. The summed E-state index contributed by atoms with van der Waals surface area (Å²) in [6.07, 6.45) is 2.89. The summed E-state index contributed by atoms with van der Waals surface area (Å²) in [5.74, 6) is 0.878. The molecule has 2 N–H and O–H groups in total. The van der Waals surface area contributed by atoms with Crippen LogP contribution in [0.5, 0.6) is 0 Å². The Hall–Kier alpha value is -1.99. The van der Waals surface area contributed by atoms with E-state index in [1.165, 1.54) is 9.71 Å². The SMILES string of the molecule is CCNC(=NCCCc1nc2ccccc2s1)NCCc1csc(C)n1. The Morgan fingerprint density at radius 3 is 2.81 bits per heavy atom. The molecule has 2 heterocycles. The smallest absolute Gasteiger partial charge is 0.191 e. The molecule has 138 valence electrons. The van der Waals surface area contributed by atoms with Crippen molar-refractivity contribution in [1.29, 1.82) is 0 Å². The molecule has 0 bridgehead atoms. The van der Waals surface area contributed by atoms with Crippen molar-refractivity contribution in [3.63, 3.8) is 0 Å². The summed E-state index contributed by atoms with van der Waals surface area (Å²) in [5.41, 5.74) is 2.25. The van der Waals surface area contributed by atoms with Crippen molar-refractivity contribution in [1.82, 2.24) is 20.6 Å². The number of guanidine groups is 1. The Bertz CT molecular complexity index is 819. The monoisotopic (exact) mass is 387 g/mol. The number of rotatable bonds is 8. The second kappa shape index (κ2) is 9.64. The number of fused-ring (bicyclic) bond motifs is 1. The summed E-state index contributed by atoms with van der Waals surface area (Å²) in [7, 11) is 0. The first-order valence-corrected chi connectivity index (χ1v) is 10.7. The molecule has 7 heteroatoms. The van der Waals surface area contributed by atoms with Gasteiger partial charge in [0.25, 0.3) is 0 Å². The van der Waals surface area contributed by atoms with Gasteiger partial charge < -0.3 is 10.6 Å². The van der Waals surface area contributed by atoms with Gasteiger partial charge in [-0.3, -0.25) is 4.99 Å². The Morgan fingerprint density at radius 2 is 2.04 bits per heavy atom. The van der Waals surface area contributed by atoms with E-state index >= 15 is 0 Å². The van der Waals surface area contributed by atoms with Crippen LogP contribution in [0, 0.1) is 6.92 Å². The van der Waals surface area contributed by atoms with E-state index in [-0.39, 0.29) is 0 Å². The summed E-state index contributed by atoms with van der Waals surface area (Å²) in [5, 5.41) is 11.1. The number of benzene rings is 1. The van der Waals surface area contributed by atoms with Gasteiger partial charge in [-0.2, -0.15) is 0 Å². The van der Waals surface area contributed by atoms with E-state index < -0.39 is 0 Å². The van der Waals surface area contributed by atoms with Crippen LogP contribution in [-0.4, -0.2) is 35.6 Å². The lowest BCUT2D eigenvalue weighted by molar-refractivity contribution is 0.770. The van der Waals surface area contributed by atoms with Gasteiger partial charge in [-0.25, -0.2) is 9.97 Å². The van der Waals surface area contributed by atoms with Gasteiger partial charge in [-0.05, 0) is 32.4 Å². The molecular weight excluding hydrogens is 362 g/mol. The van der Waals surface area contributed by atoms with Crippen LogP contribution in [0.4, 0.5) is 0 Å². The lowest BCUT2D eigenvalue weighted by Gasteiger charge is -2.10. The maximum atomic E-state index is 4.68. The molecule has 0 saturated carbocycles. The first-order chi connectivity index (χ1) is 12.7. The van der Waals surface area contributed by atoms with Crippen LogP contribution in [-0.2, 0) is 12.8 Å². The third kappa shape index (κ3) is 5.51. The largest absolute Gasteiger partial charge is 0.357 e. The van der Waals surface area contributed by atoms with E-state index in [1.807, 2.05) is 13.0 Å². The van der Waals surface area contributed by atoms with Crippen molar-refractivity contribution < 1.29 is 0 Å². The molecule has 0 fully saturated rings. The number of para-hydroxylation sites is 1. The van der Waals surface area contributed by atoms with Crippen LogP contribution in [0.2, 0.25) is 0 Å². The van der Waals surface area contributed by atoms with Gasteiger partial charge in [0.1, 0.15) is 0 Å². The lowest BCUT2D eigenvalue weighted by atomic mass is 10.3. The fourth-order valence-electron chi connectivity index (χ4n) is 2.62. The second-order valence-electron chi connectivity index (χ2n) is 5.97. The molecule has 0 saturated heterocycles. The Morgan fingerprint density at radius 1 is 1.15 bits per heavy atom. The number of aromatic nitrogens is 2. The van der Waals surface area contributed by atoms with Crippen LogP contribution >= 0.6 is 22.7 Å². The molecule has 2 aromatic heterocycles. The predicted molar refractivity (Wildman–Crippen MR) is 112 cm³/mol. The lowest BCUT2D eigenvalue weighted by Crippen LogP contribution is -2.38. The average Bonchev–Trinajstić information content (AvgIpc) is 3.24. The normalized spacial score (nSPS) is 11.8. The number of nitrogens with one attached hydrogen (secondary N) is 2. The summed E-state index contributed by atoms with van der Waals surface area (Å²) in [6.45, 7) is 6.62. The van der Waals surface area contributed by atoms with Gasteiger partial charge in [0.05, 0.1) is 25.9 Å². The zero-order chi connectivity index (χ0) is 18.2. The third-order valence-corrected chi connectivity index (χ3v) is 5.76. The number of aliphatic imine (C=N–C) groups is 1. The van der Waals surface area contributed by atoms with Crippen molar-refractivity contribution in [3.05, 3.63) is 45.4 Å². The molecule has 5 nitrogen and oxygen atoms in total. The van der Waals surface area contributed by atoms with Crippen LogP contribution in [0.1, 0.15) is 29.1 Å². The Balaban J connectivity index is 1.44. The van der Waals surface area contributed by atoms with Gasteiger partial charge >= 0.3 is 0 Å². The summed E-state index contributed by atoms with van der Waals surface area (Å²) in [6, 6.07) is 8.31. The molecule has 3 rings (SSSR count). The van der Waals surface area contributed by atoms with E-state index in [2.05, 4.69) is 56.1 Å². The molecule has 3 aromatic rings. The van der Waals surface area contributed by atoms with Crippen molar-refractivity contribution >= 4 is 38.8 Å². The minimum Gasteiger partial charge on any atom is -0.357 e. The maximum Gasteiger partial charge on any atom is 0.191 e. The first-order valence-electron chi connectivity index (χ1n) is 9.02. The van der Waals surface area contributed by atoms with Crippen molar-refractivity contribution in [2.24, 2.45) is 4.99 Å². The highest BCUT2D eigenvalue weighted by molar-refractivity contribution is 7.18. The van der Waals surface area contributed by atoms with E-state index in [0.717, 1.165) is 61.1 Å². The van der Waals surface area contributed by atoms with Gasteiger partial charge in [-0.15, -0.1) is 22.7 Å². The van der Waals surface area contributed by atoms with Crippen molar-refractivity contribution in [2.45, 2.75) is 33.1 Å². The van der Waals surface area contributed by atoms with E-state index in [0.29, 0.717) is 0 Å². The molecule has 0 aliphatic carbocycles. The first kappa shape index (κ1) is 18.8. The van der Waals surface area contributed by atoms with Crippen LogP contribution in [0.15, 0.2) is 34.6 Å². The van der Waals surface area contributed by atoms with Crippen LogP contribution < -0.4 is 10.6 Å². The van der Waals surface area contributed by atoms with Crippen LogP contribution in [0.3, 0.4) is 0 Å². The molecule has 0 amide bonds. The molecule has 0 aliphatic heterocycles. The third-order valence-electron chi connectivity index (χ3n) is 3.84. The van der Waals surface area contributed by atoms with Crippen LogP contribution in [0.25, 0.3) is 10.2 Å². The minimum atomic E-state index is 0.793. The van der Waals surface area contributed by atoms with E-state index in [1.54, 1.807) is 22.7 Å². The Kier molecular flexibility index (Phi) is 6.96. The highest BCUT2D eigenvalue weighted by Crippen LogP contribution is 2.22. The number of aryl methyl sites for hydroxylation is 2. The topological polar surface area (TPSA) is 62.2 Å². The average molecular weight is 388 g/mol. The molecule has 0 spiro atoms. The molecule has 0 atom stereocenters. The van der Waals surface area contributed by atoms with Gasteiger partial charge in [-0.1, -0.05) is 12.1 Å². The highest BCUT2D eigenvalue weighted by atomic mass is 32.1. The minimum absolute atomic E-state index is 0.793. The predicted octanol–water partition coefficient (Wildman–Crippen LogP) is 3.79. The van der Waals surface area contributed by atoms with Crippen molar-refractivity contribution in [2.75, 3.05) is 19.6 Å². The van der Waals surface area contributed by atoms with Gasteiger partial charge in [0, 0.05) is 37.9 Å². The summed E-state index contributed by atoms with van der Waals surface area (Å²) in [4.78, 5) is 13.8. The molecule has 26 heavy (non-hydrogen) atoms. The van der Waals surface area contributed by atoms with E-state index in [4.69, 9.17) is 0 Å². The standard InChI is InChI=1S/C19H25N5S2/c1-3-20-19(22-12-10-15-13-25-14(2)23-15)21-11-6-9-18-24-16-7-4-5-8-17(16)26-18/h4-5,7-8,13H,3,6,9-12H2,1-2H3,(H2,20,21,22). The number of hydrogen-bond donors (Lipinski definition) is 2. The molecule has 0 unspecified atom stereocenters. The highest BCUT2D eigenvalue weighted by Gasteiger charge is 2.03. The number of thiazole rings is 2. The molecule has 0 aliphatic rings. The zero-order valence-electron chi connectivity index (χ0n) is 15.3. The fraction of sp³-hybridized carbons (Fsp3) is 0.421. The summed E-state index contributed by atoms with van der Waals surface area (Å²) >= 11 is 3.48. The van der Waals surface area contributed by atoms with Crippen molar-refractivity contribution in [3.8, 4) is 0 Å². The Labute approximate surface area is 162 Å².